The second kappa shape index (κ2) is 7.84. The predicted molar refractivity (Wildman–Crippen MR) is 119 cm³/mol. The fourth-order valence-corrected chi connectivity index (χ4v) is 6.99. The Hall–Kier alpha value is -2.92. The van der Waals surface area contributed by atoms with Gasteiger partial charge in [-0.05, 0) is 56.8 Å². The molecular formula is C22H25F2N5O3S. The number of likely N-dealkylation sites (tertiary alicyclic amines) is 1. The number of guanidine groups is 1. The summed E-state index contributed by atoms with van der Waals surface area (Å²) in [7, 11) is -0.841. The van der Waals surface area contributed by atoms with Crippen molar-refractivity contribution >= 4 is 21.8 Å². The maximum Gasteiger partial charge on any atom is 0.247 e. The van der Waals surface area contributed by atoms with Gasteiger partial charge in [-0.15, -0.1) is 0 Å². The van der Waals surface area contributed by atoms with Crippen molar-refractivity contribution < 1.29 is 22.0 Å². The summed E-state index contributed by atoms with van der Waals surface area (Å²) in [5.74, 6) is -1.81. The second-order valence-electron chi connectivity index (χ2n) is 8.77. The van der Waals surface area contributed by atoms with Crippen LogP contribution in [0.3, 0.4) is 0 Å². The van der Waals surface area contributed by atoms with Crippen LogP contribution in [0.2, 0.25) is 0 Å². The zero-order valence-electron chi connectivity index (χ0n) is 18.5. The molecule has 2 aromatic rings. The Morgan fingerprint density at radius 2 is 1.94 bits per heavy atom. The van der Waals surface area contributed by atoms with Gasteiger partial charge in [-0.1, -0.05) is 6.07 Å². The quantitative estimate of drug-likeness (QED) is 0.671. The van der Waals surface area contributed by atoms with Crippen LogP contribution >= 0.6 is 0 Å². The fourth-order valence-electron chi connectivity index (χ4n) is 4.79. The molecule has 11 heteroatoms. The molecule has 1 spiro atoms. The molecule has 0 radical (unpaired) electrons. The molecule has 1 aromatic heterocycles. The molecule has 1 unspecified atom stereocenters. The highest BCUT2D eigenvalue weighted by atomic mass is 32.2. The lowest BCUT2D eigenvalue weighted by Gasteiger charge is -2.48. The van der Waals surface area contributed by atoms with Crippen molar-refractivity contribution in [2.24, 2.45) is 10.7 Å². The molecule has 0 bridgehead atoms. The molecule has 0 amide bonds. The van der Waals surface area contributed by atoms with E-state index >= 15 is 4.39 Å². The summed E-state index contributed by atoms with van der Waals surface area (Å²) in [4.78, 5) is 22.8. The molecule has 1 aromatic carbocycles. The highest BCUT2D eigenvalue weighted by Crippen LogP contribution is 2.51. The van der Waals surface area contributed by atoms with Gasteiger partial charge in [0.1, 0.15) is 27.6 Å². The van der Waals surface area contributed by atoms with Crippen molar-refractivity contribution in [3.05, 3.63) is 65.0 Å². The molecule has 2 N–H and O–H groups in total. The monoisotopic (exact) mass is 477 g/mol. The standard InChI is InChI=1S/C22H25F2N5O3S/c1-21(22(8-9-28(2)13-22)33(31,32)29(3)20(25)27-21)16-10-14(4-6-17(16)24)11-19(30)18-7-5-15(23)12-26-18/h4-7,10,12H,8-9,11,13H2,1-3H3,(H2,25,27)/t21-,22?/m1/s1. The summed E-state index contributed by atoms with van der Waals surface area (Å²) in [6.07, 6.45) is 1.07. The normalized spacial score (nSPS) is 27.1. The minimum Gasteiger partial charge on any atom is -0.369 e. The number of aliphatic imine (C=N–C) groups is 1. The predicted octanol–water partition coefficient (Wildman–Crippen LogP) is 1.66. The number of hydrogen-bond acceptors (Lipinski definition) is 7. The first kappa shape index (κ1) is 23.2. The summed E-state index contributed by atoms with van der Waals surface area (Å²) in [5.41, 5.74) is 5.03. The number of nitrogens with two attached hydrogens (primary N) is 1. The Morgan fingerprint density at radius 1 is 1.21 bits per heavy atom. The van der Waals surface area contributed by atoms with E-state index in [9.17, 15) is 17.6 Å². The zero-order chi connectivity index (χ0) is 24.2. The van der Waals surface area contributed by atoms with Crippen molar-refractivity contribution in [2.45, 2.75) is 30.1 Å². The van der Waals surface area contributed by atoms with E-state index in [-0.39, 0.29) is 42.4 Å². The summed E-state index contributed by atoms with van der Waals surface area (Å²) in [6.45, 7) is 2.22. The van der Waals surface area contributed by atoms with E-state index in [1.165, 1.54) is 31.3 Å². The number of carbonyl (C=O) groups excluding carboxylic acids is 1. The van der Waals surface area contributed by atoms with Crippen LogP contribution in [0.15, 0.2) is 41.5 Å². The van der Waals surface area contributed by atoms with Crippen LogP contribution in [0.1, 0.15) is 35.0 Å². The van der Waals surface area contributed by atoms with Crippen molar-refractivity contribution in [1.29, 1.82) is 0 Å². The third-order valence-corrected chi connectivity index (χ3v) is 9.38. The number of nitrogens with zero attached hydrogens (tertiary/aromatic N) is 4. The van der Waals surface area contributed by atoms with Crippen molar-refractivity contribution in [1.82, 2.24) is 14.2 Å². The number of hydrogen-bond donors (Lipinski definition) is 1. The first-order valence-electron chi connectivity index (χ1n) is 10.4. The first-order valence-corrected chi connectivity index (χ1v) is 11.8. The average molecular weight is 478 g/mol. The third kappa shape index (κ3) is 3.50. The zero-order valence-corrected chi connectivity index (χ0v) is 19.4. The molecule has 4 rings (SSSR count). The third-order valence-electron chi connectivity index (χ3n) is 6.76. The lowest BCUT2D eigenvalue weighted by molar-refractivity contribution is 0.0988. The highest BCUT2D eigenvalue weighted by Gasteiger charge is 2.65. The summed E-state index contributed by atoms with van der Waals surface area (Å²) < 4.78 is 55.1. The van der Waals surface area contributed by atoms with Gasteiger partial charge in [-0.25, -0.2) is 26.5 Å². The Morgan fingerprint density at radius 3 is 2.55 bits per heavy atom. The minimum absolute atomic E-state index is 0.0507. The fraction of sp³-hybridized carbons (Fsp3) is 0.409. The van der Waals surface area contributed by atoms with Gasteiger partial charge in [0.2, 0.25) is 16.0 Å². The molecule has 0 aliphatic carbocycles. The first-order chi connectivity index (χ1) is 15.4. The Balaban J connectivity index is 1.81. The van der Waals surface area contributed by atoms with E-state index in [1.54, 1.807) is 14.0 Å². The second-order valence-corrected chi connectivity index (χ2v) is 11.1. The van der Waals surface area contributed by atoms with Crippen LogP contribution in [0.25, 0.3) is 0 Å². The van der Waals surface area contributed by atoms with Crippen LogP contribution in [0, 0.1) is 11.6 Å². The molecule has 176 valence electrons. The van der Waals surface area contributed by atoms with Crippen molar-refractivity contribution in [2.75, 3.05) is 27.2 Å². The van der Waals surface area contributed by atoms with Gasteiger partial charge in [0.15, 0.2) is 5.78 Å². The SMILES string of the molecule is CN1CCC2(C1)[C@@](C)(c1cc(CC(=O)c3ccc(F)cn3)ccc1F)N=C(N)N(C)S2(=O)=O. The molecule has 2 atom stereocenters. The average Bonchev–Trinajstić information content (AvgIpc) is 3.17. The summed E-state index contributed by atoms with van der Waals surface area (Å²) >= 11 is 0. The van der Waals surface area contributed by atoms with Crippen molar-refractivity contribution in [3.63, 3.8) is 0 Å². The number of benzene rings is 1. The number of pyridine rings is 1. The molecule has 3 heterocycles. The maximum atomic E-state index is 15.2. The van der Waals surface area contributed by atoms with Crippen molar-refractivity contribution in [3.8, 4) is 0 Å². The van der Waals surface area contributed by atoms with E-state index in [4.69, 9.17) is 5.73 Å². The minimum atomic E-state index is -3.98. The summed E-state index contributed by atoms with van der Waals surface area (Å²) in [5, 5.41) is 0. The molecule has 0 saturated carbocycles. The molecule has 2 aliphatic rings. The lowest BCUT2D eigenvalue weighted by atomic mass is 9.77. The maximum absolute atomic E-state index is 15.2. The van der Waals surface area contributed by atoms with Crippen LogP contribution in [-0.2, 0) is 22.0 Å². The van der Waals surface area contributed by atoms with Gasteiger partial charge >= 0.3 is 0 Å². The van der Waals surface area contributed by atoms with Gasteiger partial charge in [0.05, 0.1) is 6.20 Å². The molecule has 1 saturated heterocycles. The van der Waals surface area contributed by atoms with Crippen LogP contribution in [0.5, 0.6) is 0 Å². The molecular weight excluding hydrogens is 452 g/mol. The number of rotatable bonds is 4. The number of Topliss-reactive ketones (excluding diaryl/α,β-unsaturated/α-hetero) is 1. The topological polar surface area (TPSA) is 109 Å². The van der Waals surface area contributed by atoms with E-state index in [0.29, 0.717) is 12.1 Å². The van der Waals surface area contributed by atoms with Crippen LogP contribution in [0.4, 0.5) is 8.78 Å². The van der Waals surface area contributed by atoms with Crippen LogP contribution < -0.4 is 5.73 Å². The van der Waals surface area contributed by atoms with Gasteiger partial charge < -0.3 is 10.6 Å². The Bertz CT molecular complexity index is 1250. The number of ketones is 1. The largest absolute Gasteiger partial charge is 0.369 e. The lowest BCUT2D eigenvalue weighted by Crippen LogP contribution is -2.65. The van der Waals surface area contributed by atoms with E-state index < -0.39 is 31.9 Å². The van der Waals surface area contributed by atoms with Gasteiger partial charge in [0, 0.05) is 25.6 Å². The Kier molecular flexibility index (Phi) is 5.52. The van der Waals surface area contributed by atoms with E-state index in [0.717, 1.165) is 16.6 Å². The number of aromatic nitrogens is 1. The molecule has 8 nitrogen and oxygen atoms in total. The Labute approximate surface area is 191 Å². The van der Waals surface area contributed by atoms with Gasteiger partial charge in [-0.3, -0.25) is 9.78 Å². The van der Waals surface area contributed by atoms with Crippen LogP contribution in [-0.4, -0.2) is 66.3 Å². The van der Waals surface area contributed by atoms with Gasteiger partial charge in [0.25, 0.3) is 0 Å². The van der Waals surface area contributed by atoms with E-state index in [2.05, 4.69) is 9.98 Å². The van der Waals surface area contributed by atoms with E-state index in [1.807, 2.05) is 4.90 Å². The molecule has 2 aliphatic heterocycles. The smallest absolute Gasteiger partial charge is 0.247 e. The number of halogens is 2. The molecule has 1 fully saturated rings. The summed E-state index contributed by atoms with van der Waals surface area (Å²) in [6, 6.07) is 6.53. The van der Waals surface area contributed by atoms with Gasteiger partial charge in [-0.2, -0.15) is 0 Å². The molecule has 33 heavy (non-hydrogen) atoms. The number of sulfonamides is 1. The number of carbonyl (C=O) groups is 1. The highest BCUT2D eigenvalue weighted by molar-refractivity contribution is 7.91.